The van der Waals surface area contributed by atoms with Crippen LogP contribution in [-0.2, 0) is 0 Å². The molecule has 0 atom stereocenters. The zero-order valence-electron chi connectivity index (χ0n) is 10.7. The topological polar surface area (TPSA) is 25.8 Å². The summed E-state index contributed by atoms with van der Waals surface area (Å²) in [5, 5.41) is 4.82. The average Bonchev–Trinajstić information content (AvgIpc) is 2.98. The van der Waals surface area contributed by atoms with Crippen molar-refractivity contribution >= 4 is 34.7 Å². The largest absolute Gasteiger partial charge is 0.250 e. The second kappa shape index (κ2) is 5.95. The highest BCUT2D eigenvalue weighted by molar-refractivity contribution is 7.98. The smallest absolute Gasteiger partial charge is 0.124 e. The minimum absolute atomic E-state index is 0.739. The Hall–Kier alpha value is -1.36. The van der Waals surface area contributed by atoms with E-state index in [4.69, 9.17) is 16.6 Å². The lowest BCUT2D eigenvalue weighted by molar-refractivity contribution is 1.14. The molecule has 0 bridgehead atoms. The summed E-state index contributed by atoms with van der Waals surface area (Å²) in [5.74, 6) is 0. The van der Waals surface area contributed by atoms with Crippen molar-refractivity contribution in [1.82, 2.24) is 9.97 Å². The first-order valence-corrected chi connectivity index (χ1v) is 8.46. The van der Waals surface area contributed by atoms with E-state index < -0.39 is 0 Å². The number of nitrogens with zero attached hydrogens (tertiary/aromatic N) is 2. The van der Waals surface area contributed by atoms with E-state index in [0.717, 1.165) is 31.9 Å². The maximum atomic E-state index is 5.91. The first-order valence-electron chi connectivity index (χ1n) is 5.98. The van der Waals surface area contributed by atoms with Crippen LogP contribution in [0.25, 0.3) is 21.8 Å². The summed E-state index contributed by atoms with van der Waals surface area (Å²) in [6.07, 6.45) is 3.84. The van der Waals surface area contributed by atoms with E-state index in [2.05, 4.69) is 16.4 Å². The summed E-state index contributed by atoms with van der Waals surface area (Å²) in [6, 6.07) is 11.8. The lowest BCUT2D eigenvalue weighted by atomic mass is 10.2. The third-order valence-electron chi connectivity index (χ3n) is 2.84. The van der Waals surface area contributed by atoms with Crippen molar-refractivity contribution in [2.45, 2.75) is 5.03 Å². The van der Waals surface area contributed by atoms with Crippen molar-refractivity contribution in [3.05, 3.63) is 53.0 Å². The predicted octanol–water partition coefficient (Wildman–Crippen LogP) is 5.25. The van der Waals surface area contributed by atoms with E-state index in [9.17, 15) is 0 Å². The number of halogens is 1. The molecule has 5 heteroatoms. The van der Waals surface area contributed by atoms with Crippen LogP contribution in [0.2, 0.25) is 5.02 Å². The van der Waals surface area contributed by atoms with Crippen molar-refractivity contribution in [2.75, 3.05) is 6.26 Å². The maximum Gasteiger partial charge on any atom is 0.124 e. The molecule has 0 saturated heterocycles. The van der Waals surface area contributed by atoms with Gasteiger partial charge in [-0.3, -0.25) is 0 Å². The van der Waals surface area contributed by atoms with Gasteiger partial charge in [-0.25, -0.2) is 9.97 Å². The number of benzene rings is 1. The molecule has 0 aliphatic carbocycles. The normalized spacial score (nSPS) is 10.7. The standard InChI is InChI=1S/C15H11ClN2S2/c1-19-14-8-11(6-7-17-14)15-18-13(9-20-15)10-2-4-12(16)5-3-10/h2-9H,1H3. The van der Waals surface area contributed by atoms with Crippen LogP contribution in [0.15, 0.2) is 53.0 Å². The zero-order chi connectivity index (χ0) is 13.9. The molecule has 0 fully saturated rings. The Morgan fingerprint density at radius 3 is 2.65 bits per heavy atom. The van der Waals surface area contributed by atoms with E-state index in [1.165, 1.54) is 0 Å². The zero-order valence-corrected chi connectivity index (χ0v) is 13.1. The SMILES string of the molecule is CSc1cc(-c2nc(-c3ccc(Cl)cc3)cs2)ccn1. The van der Waals surface area contributed by atoms with Gasteiger partial charge in [-0.15, -0.1) is 23.1 Å². The molecule has 1 aromatic carbocycles. The van der Waals surface area contributed by atoms with Gasteiger partial charge in [-0.2, -0.15) is 0 Å². The van der Waals surface area contributed by atoms with Crippen LogP contribution in [0.4, 0.5) is 0 Å². The van der Waals surface area contributed by atoms with E-state index in [1.54, 1.807) is 23.1 Å². The van der Waals surface area contributed by atoms with Crippen molar-refractivity contribution in [2.24, 2.45) is 0 Å². The molecular weight excluding hydrogens is 308 g/mol. The summed E-state index contributed by atoms with van der Waals surface area (Å²) >= 11 is 9.18. The fraction of sp³-hybridized carbons (Fsp3) is 0.0667. The van der Waals surface area contributed by atoms with E-state index in [0.29, 0.717) is 0 Å². The Morgan fingerprint density at radius 1 is 1.10 bits per heavy atom. The maximum absolute atomic E-state index is 5.91. The van der Waals surface area contributed by atoms with Gasteiger partial charge in [0.2, 0.25) is 0 Å². The number of hydrogen-bond acceptors (Lipinski definition) is 4. The quantitative estimate of drug-likeness (QED) is 0.617. The highest BCUT2D eigenvalue weighted by Gasteiger charge is 2.07. The monoisotopic (exact) mass is 318 g/mol. The highest BCUT2D eigenvalue weighted by Crippen LogP contribution is 2.30. The molecule has 0 aliphatic rings. The van der Waals surface area contributed by atoms with Crippen LogP contribution in [0.3, 0.4) is 0 Å². The molecule has 0 spiro atoms. The van der Waals surface area contributed by atoms with Gasteiger partial charge in [0.1, 0.15) is 5.01 Å². The van der Waals surface area contributed by atoms with Crippen LogP contribution in [0.1, 0.15) is 0 Å². The molecule has 0 unspecified atom stereocenters. The molecule has 0 saturated carbocycles. The lowest BCUT2D eigenvalue weighted by Crippen LogP contribution is -1.82. The van der Waals surface area contributed by atoms with Gasteiger partial charge in [-0.05, 0) is 30.5 Å². The van der Waals surface area contributed by atoms with Gasteiger partial charge < -0.3 is 0 Å². The number of rotatable bonds is 3. The molecule has 2 aromatic heterocycles. The molecule has 3 aromatic rings. The van der Waals surface area contributed by atoms with Crippen LogP contribution in [0.5, 0.6) is 0 Å². The van der Waals surface area contributed by atoms with Crippen LogP contribution < -0.4 is 0 Å². The summed E-state index contributed by atoms with van der Waals surface area (Å²) in [6.45, 7) is 0. The van der Waals surface area contributed by atoms with Crippen LogP contribution in [0, 0.1) is 0 Å². The molecule has 20 heavy (non-hydrogen) atoms. The third-order valence-corrected chi connectivity index (χ3v) is 4.62. The second-order valence-corrected chi connectivity index (χ2v) is 6.25. The number of thioether (sulfide) groups is 1. The Labute approximate surface area is 130 Å². The first-order chi connectivity index (χ1) is 9.76. The molecule has 2 heterocycles. The lowest BCUT2D eigenvalue weighted by Gasteiger charge is -1.99. The van der Waals surface area contributed by atoms with Gasteiger partial charge in [0.25, 0.3) is 0 Å². The number of pyridine rings is 1. The van der Waals surface area contributed by atoms with Crippen LogP contribution in [-0.4, -0.2) is 16.2 Å². The minimum Gasteiger partial charge on any atom is -0.250 e. The molecule has 0 N–H and O–H groups in total. The fourth-order valence-corrected chi connectivity index (χ4v) is 3.18. The molecule has 0 amide bonds. The Bertz CT molecular complexity index is 723. The summed E-state index contributed by atoms with van der Waals surface area (Å²) in [7, 11) is 0. The van der Waals surface area contributed by atoms with Crippen molar-refractivity contribution in [1.29, 1.82) is 0 Å². The number of thiazole rings is 1. The average molecular weight is 319 g/mol. The molecule has 2 nitrogen and oxygen atoms in total. The highest BCUT2D eigenvalue weighted by atomic mass is 35.5. The number of aromatic nitrogens is 2. The van der Waals surface area contributed by atoms with Gasteiger partial charge in [0.15, 0.2) is 0 Å². The van der Waals surface area contributed by atoms with Gasteiger partial charge in [0, 0.05) is 27.7 Å². The Kier molecular flexibility index (Phi) is 4.05. The van der Waals surface area contributed by atoms with Crippen molar-refractivity contribution in [3.8, 4) is 21.8 Å². The summed E-state index contributed by atoms with van der Waals surface area (Å²) < 4.78 is 0. The third kappa shape index (κ3) is 2.87. The minimum atomic E-state index is 0.739. The second-order valence-electron chi connectivity index (χ2n) is 4.13. The van der Waals surface area contributed by atoms with Gasteiger partial charge >= 0.3 is 0 Å². The van der Waals surface area contributed by atoms with Crippen molar-refractivity contribution < 1.29 is 0 Å². The molecule has 0 aliphatic heterocycles. The Balaban J connectivity index is 1.95. The first kappa shape index (κ1) is 13.6. The Morgan fingerprint density at radius 2 is 1.90 bits per heavy atom. The molecule has 3 rings (SSSR count). The van der Waals surface area contributed by atoms with Crippen LogP contribution >= 0.6 is 34.7 Å². The molecule has 0 radical (unpaired) electrons. The summed E-state index contributed by atoms with van der Waals surface area (Å²) in [5.41, 5.74) is 3.16. The van der Waals surface area contributed by atoms with E-state index >= 15 is 0 Å². The van der Waals surface area contributed by atoms with Gasteiger partial charge in [-0.1, -0.05) is 23.7 Å². The fourth-order valence-electron chi connectivity index (χ4n) is 1.81. The van der Waals surface area contributed by atoms with Gasteiger partial charge in [0.05, 0.1) is 10.7 Å². The number of hydrogen-bond donors (Lipinski definition) is 0. The van der Waals surface area contributed by atoms with E-state index in [-0.39, 0.29) is 0 Å². The molecule has 100 valence electrons. The predicted molar refractivity (Wildman–Crippen MR) is 87.6 cm³/mol. The van der Waals surface area contributed by atoms with Crippen molar-refractivity contribution in [3.63, 3.8) is 0 Å². The van der Waals surface area contributed by atoms with E-state index in [1.807, 2.05) is 42.8 Å². The molecular formula is C15H11ClN2S2. The summed E-state index contributed by atoms with van der Waals surface area (Å²) in [4.78, 5) is 8.98.